The average Bonchev–Trinajstić information content (AvgIpc) is 1.99. The Morgan fingerprint density at radius 1 is 1.13 bits per heavy atom. The van der Waals surface area contributed by atoms with Crippen LogP contribution in [0.4, 0.5) is 0 Å². The first kappa shape index (κ1) is 14.2. The lowest BCUT2D eigenvalue weighted by atomic mass is 9.86. The van der Waals surface area contributed by atoms with Crippen molar-refractivity contribution in [2.24, 2.45) is 5.41 Å². The van der Waals surface area contributed by atoms with E-state index in [2.05, 4.69) is 27.4 Å². The molecule has 15 heavy (non-hydrogen) atoms. The van der Waals surface area contributed by atoms with Gasteiger partial charge in [0.25, 0.3) is 0 Å². The molecule has 0 aliphatic carbocycles. The summed E-state index contributed by atoms with van der Waals surface area (Å²) in [7, 11) is 0. The smallest absolute Gasteiger partial charge is 0.333 e. The lowest BCUT2D eigenvalue weighted by Crippen LogP contribution is -2.29. The monoisotopic (exact) mass is 212 g/mol. The number of hydrogen-bond donors (Lipinski definition) is 0. The fourth-order valence-corrected chi connectivity index (χ4v) is 1.07. The molecule has 88 valence electrons. The summed E-state index contributed by atoms with van der Waals surface area (Å²) in [5.41, 5.74) is 0.328. The van der Waals surface area contributed by atoms with E-state index in [1.54, 1.807) is 6.92 Å². The minimum Gasteiger partial charge on any atom is -0.456 e. The van der Waals surface area contributed by atoms with Crippen LogP contribution in [0.3, 0.4) is 0 Å². The van der Waals surface area contributed by atoms with Gasteiger partial charge in [0.2, 0.25) is 0 Å². The zero-order chi connectivity index (χ0) is 12.3. The fraction of sp³-hybridized carbons (Fsp3) is 0.769. The van der Waals surface area contributed by atoms with Gasteiger partial charge < -0.3 is 4.74 Å². The highest BCUT2D eigenvalue weighted by Gasteiger charge is 2.25. The quantitative estimate of drug-likeness (QED) is 0.524. The van der Waals surface area contributed by atoms with Gasteiger partial charge in [0.15, 0.2) is 0 Å². The van der Waals surface area contributed by atoms with Crippen LogP contribution in [0.15, 0.2) is 12.2 Å². The summed E-state index contributed by atoms with van der Waals surface area (Å²) in [5, 5.41) is 0. The van der Waals surface area contributed by atoms with Crippen LogP contribution in [0.2, 0.25) is 0 Å². The van der Waals surface area contributed by atoms with Crippen LogP contribution < -0.4 is 0 Å². The van der Waals surface area contributed by atoms with Crippen LogP contribution in [-0.2, 0) is 9.53 Å². The van der Waals surface area contributed by atoms with Crippen LogP contribution in [0, 0.1) is 5.41 Å². The van der Waals surface area contributed by atoms with Crippen LogP contribution in [-0.4, -0.2) is 11.6 Å². The van der Waals surface area contributed by atoms with Crippen LogP contribution in [0.25, 0.3) is 0 Å². The van der Waals surface area contributed by atoms with Crippen LogP contribution in [0.5, 0.6) is 0 Å². The number of esters is 1. The fourth-order valence-electron chi connectivity index (χ4n) is 1.07. The maximum atomic E-state index is 11.4. The first-order valence-electron chi connectivity index (χ1n) is 5.42. The Bertz CT molecular complexity index is 244. The molecule has 0 radical (unpaired) electrons. The van der Waals surface area contributed by atoms with E-state index >= 15 is 0 Å². The minimum atomic E-state index is -0.399. The average molecular weight is 212 g/mol. The maximum Gasteiger partial charge on any atom is 0.333 e. The Hall–Kier alpha value is -0.790. The van der Waals surface area contributed by atoms with Gasteiger partial charge in [0.1, 0.15) is 5.60 Å². The molecular weight excluding hydrogens is 188 g/mol. The summed E-state index contributed by atoms with van der Waals surface area (Å²) in [6, 6.07) is 0. The molecule has 0 heterocycles. The summed E-state index contributed by atoms with van der Waals surface area (Å²) in [6.45, 7) is 15.7. The normalized spacial score (nSPS) is 12.4. The standard InChI is InChI=1S/C13H24O2/c1-10(2)11(14)15-13(6,7)9-8-12(3,4)5/h1,8-9H2,2-7H3. The molecule has 0 saturated carbocycles. The topological polar surface area (TPSA) is 26.3 Å². The molecule has 0 bridgehead atoms. The highest BCUT2D eigenvalue weighted by molar-refractivity contribution is 5.87. The summed E-state index contributed by atoms with van der Waals surface area (Å²) in [6.07, 6.45) is 1.90. The van der Waals surface area contributed by atoms with Gasteiger partial charge in [-0.15, -0.1) is 0 Å². The Morgan fingerprint density at radius 2 is 1.60 bits per heavy atom. The lowest BCUT2D eigenvalue weighted by Gasteiger charge is -2.29. The molecule has 2 nitrogen and oxygen atoms in total. The molecular formula is C13H24O2. The zero-order valence-corrected chi connectivity index (χ0v) is 10.9. The second-order valence-electron chi connectivity index (χ2n) is 5.99. The largest absolute Gasteiger partial charge is 0.456 e. The number of hydrogen-bond acceptors (Lipinski definition) is 2. The van der Waals surface area contributed by atoms with E-state index in [1.165, 1.54) is 0 Å². The van der Waals surface area contributed by atoms with E-state index in [1.807, 2.05) is 13.8 Å². The highest BCUT2D eigenvalue weighted by atomic mass is 16.6. The second kappa shape index (κ2) is 4.82. The Morgan fingerprint density at radius 3 is 1.93 bits per heavy atom. The molecule has 0 unspecified atom stereocenters. The second-order valence-corrected chi connectivity index (χ2v) is 5.99. The molecule has 0 aliphatic rings. The predicted molar refractivity (Wildman–Crippen MR) is 63.7 cm³/mol. The molecule has 0 aliphatic heterocycles. The van der Waals surface area contributed by atoms with Crippen molar-refractivity contribution < 1.29 is 9.53 Å². The van der Waals surface area contributed by atoms with Crippen molar-refractivity contribution >= 4 is 5.97 Å². The molecule has 0 fully saturated rings. The first-order valence-corrected chi connectivity index (χ1v) is 5.42. The molecule has 0 saturated heterocycles. The van der Waals surface area contributed by atoms with Crippen molar-refractivity contribution in [3.05, 3.63) is 12.2 Å². The number of rotatable bonds is 4. The minimum absolute atomic E-state index is 0.271. The van der Waals surface area contributed by atoms with Gasteiger partial charge in [-0.2, -0.15) is 0 Å². The van der Waals surface area contributed by atoms with E-state index in [4.69, 9.17) is 4.74 Å². The summed E-state index contributed by atoms with van der Waals surface area (Å²) >= 11 is 0. The van der Waals surface area contributed by atoms with E-state index in [0.717, 1.165) is 12.8 Å². The first-order chi connectivity index (χ1) is 6.53. The van der Waals surface area contributed by atoms with Crippen LogP contribution >= 0.6 is 0 Å². The van der Waals surface area contributed by atoms with Crippen molar-refractivity contribution in [1.82, 2.24) is 0 Å². The molecule has 0 rings (SSSR count). The van der Waals surface area contributed by atoms with Crippen LogP contribution in [0.1, 0.15) is 54.4 Å². The Labute approximate surface area is 93.7 Å². The molecule has 2 heteroatoms. The summed E-state index contributed by atoms with van der Waals surface area (Å²) < 4.78 is 5.36. The molecule has 0 aromatic heterocycles. The SMILES string of the molecule is C=C(C)C(=O)OC(C)(C)CCC(C)(C)C. The maximum absolute atomic E-state index is 11.4. The molecule has 0 N–H and O–H groups in total. The van der Waals surface area contributed by atoms with Gasteiger partial charge in [-0.25, -0.2) is 4.79 Å². The molecule has 0 atom stereocenters. The number of ether oxygens (including phenoxy) is 1. The number of carbonyl (C=O) groups excluding carboxylic acids is 1. The molecule has 0 spiro atoms. The van der Waals surface area contributed by atoms with Crippen molar-refractivity contribution in [3.63, 3.8) is 0 Å². The summed E-state index contributed by atoms with van der Waals surface area (Å²) in [4.78, 5) is 11.4. The molecule has 0 aromatic carbocycles. The third-order valence-corrected chi connectivity index (χ3v) is 2.19. The Balaban J connectivity index is 4.19. The van der Waals surface area contributed by atoms with Crippen molar-refractivity contribution in [2.75, 3.05) is 0 Å². The van der Waals surface area contributed by atoms with Crippen molar-refractivity contribution in [1.29, 1.82) is 0 Å². The van der Waals surface area contributed by atoms with Gasteiger partial charge in [-0.3, -0.25) is 0 Å². The lowest BCUT2D eigenvalue weighted by molar-refractivity contribution is -0.152. The molecule has 0 aromatic rings. The molecule has 0 amide bonds. The third kappa shape index (κ3) is 7.18. The van der Waals surface area contributed by atoms with Crippen molar-refractivity contribution in [3.8, 4) is 0 Å². The van der Waals surface area contributed by atoms with E-state index in [0.29, 0.717) is 5.57 Å². The van der Waals surface area contributed by atoms with Gasteiger partial charge in [0, 0.05) is 5.57 Å². The van der Waals surface area contributed by atoms with E-state index < -0.39 is 5.60 Å². The van der Waals surface area contributed by atoms with Gasteiger partial charge >= 0.3 is 5.97 Å². The number of carbonyl (C=O) groups is 1. The predicted octanol–water partition coefficient (Wildman–Crippen LogP) is 3.71. The van der Waals surface area contributed by atoms with E-state index in [-0.39, 0.29) is 11.4 Å². The Kier molecular flexibility index (Phi) is 4.57. The third-order valence-electron chi connectivity index (χ3n) is 2.19. The van der Waals surface area contributed by atoms with Crippen molar-refractivity contribution in [2.45, 2.75) is 60.0 Å². The van der Waals surface area contributed by atoms with Gasteiger partial charge in [0.05, 0.1) is 0 Å². The van der Waals surface area contributed by atoms with E-state index in [9.17, 15) is 4.79 Å². The summed E-state index contributed by atoms with van der Waals surface area (Å²) in [5.74, 6) is -0.297. The zero-order valence-electron chi connectivity index (χ0n) is 10.9. The highest BCUT2D eigenvalue weighted by Crippen LogP contribution is 2.27. The van der Waals surface area contributed by atoms with Gasteiger partial charge in [-0.05, 0) is 39.0 Å². The van der Waals surface area contributed by atoms with Gasteiger partial charge in [-0.1, -0.05) is 27.4 Å².